The van der Waals surface area contributed by atoms with Gasteiger partial charge in [-0.05, 0) is 114 Å². The predicted molar refractivity (Wildman–Crippen MR) is 222 cm³/mol. The summed E-state index contributed by atoms with van der Waals surface area (Å²) in [6, 6.07) is -0.891. The average Bonchev–Trinajstić information content (AvgIpc) is 3.16. The Balaban J connectivity index is 2.11. The van der Waals surface area contributed by atoms with Crippen LogP contribution in [0.15, 0.2) is 0 Å². The quantitative estimate of drug-likeness (QED) is 0.0985. The fourth-order valence-electron chi connectivity index (χ4n) is 9.47. The number of cyclic esters (lactones) is 1. The lowest BCUT2D eigenvalue weighted by Gasteiger charge is -2.53. The van der Waals surface area contributed by atoms with Crippen molar-refractivity contribution >= 4 is 5.97 Å². The molecule has 18 atom stereocenters. The highest BCUT2D eigenvalue weighted by atomic mass is 16.7. The molecule has 3 fully saturated rings. The minimum atomic E-state index is -1.82. The number of aliphatic hydroxyl groups is 5. The number of aliphatic hydroxyl groups excluding tert-OH is 2. The van der Waals surface area contributed by atoms with E-state index in [0.29, 0.717) is 32.7 Å². The highest BCUT2D eigenvalue weighted by Crippen LogP contribution is 2.43. The van der Waals surface area contributed by atoms with E-state index in [1.165, 1.54) is 14.0 Å². The molecule has 3 aliphatic rings. The molecule has 348 valence electrons. The van der Waals surface area contributed by atoms with Crippen molar-refractivity contribution in [1.29, 1.82) is 0 Å². The van der Waals surface area contributed by atoms with Crippen LogP contribution in [0.5, 0.6) is 0 Å². The van der Waals surface area contributed by atoms with Crippen molar-refractivity contribution in [3.8, 4) is 0 Å². The number of rotatable bonds is 14. The van der Waals surface area contributed by atoms with E-state index in [1.54, 1.807) is 41.5 Å². The number of carbonyl (C=O) groups excluding carboxylic acids is 1. The van der Waals surface area contributed by atoms with Crippen LogP contribution in [0.4, 0.5) is 0 Å². The number of nitrogens with zero attached hydrogens (tertiary/aromatic N) is 1. The maximum absolute atomic E-state index is 14.4. The molecule has 16 nitrogen and oxygen atoms in total. The Morgan fingerprint density at radius 1 is 0.966 bits per heavy atom. The first-order valence-electron chi connectivity index (χ1n) is 22.0. The second kappa shape index (κ2) is 22.0. The van der Waals surface area contributed by atoms with Gasteiger partial charge >= 0.3 is 5.97 Å². The zero-order valence-corrected chi connectivity index (χ0v) is 38.6. The lowest BCUT2D eigenvalue weighted by Crippen LogP contribution is -2.70. The summed E-state index contributed by atoms with van der Waals surface area (Å²) in [5, 5.41) is 66.1. The lowest BCUT2D eigenvalue weighted by molar-refractivity contribution is -0.336. The summed E-state index contributed by atoms with van der Waals surface area (Å²) < 4.78 is 43.9. The summed E-state index contributed by atoms with van der Waals surface area (Å²) in [7, 11) is 5.30. The molecule has 0 aromatic carbocycles. The third-order valence-electron chi connectivity index (χ3n) is 13.4. The largest absolute Gasteiger partial charge is 0.459 e. The van der Waals surface area contributed by atoms with Crippen LogP contribution in [0.3, 0.4) is 0 Å². The van der Waals surface area contributed by atoms with Crippen molar-refractivity contribution in [1.82, 2.24) is 15.5 Å². The number of hydrogen-bond acceptors (Lipinski definition) is 16. The Kier molecular flexibility index (Phi) is 19.5. The molecule has 59 heavy (non-hydrogen) atoms. The van der Waals surface area contributed by atoms with Gasteiger partial charge in [-0.15, -0.1) is 0 Å². The third-order valence-corrected chi connectivity index (χ3v) is 13.4. The lowest BCUT2D eigenvalue weighted by atomic mass is 9.75. The summed E-state index contributed by atoms with van der Waals surface area (Å²) in [6.45, 7) is 21.9. The van der Waals surface area contributed by atoms with Crippen molar-refractivity contribution in [3.63, 3.8) is 0 Å². The molecule has 0 aliphatic carbocycles. The standard InChI is InChI=1S/C43H83N3O13/c1-15-32-42(11,51)36(48)29(7)45-23-25(3)21-40(9,50)37(59-39-34(47)31(46(12)13)20-26(4)55-39)27(5)35(28(6)38(49)57-32)58-33-22-41(10,53-14)43(52,30(8)56-33)24-44-18-17-19-54-16-2/h25-37,39,44-45,47-48,50-52H,15-24H2,1-14H3/t25-,26-,27+,28-,29+,30+,31+,32+,33+,34-,35+,36-,37-,39+,40+,41-,42-,43-/m1/s1. The second-order valence-electron chi connectivity index (χ2n) is 18.7. The van der Waals surface area contributed by atoms with E-state index in [0.717, 1.165) is 6.42 Å². The maximum atomic E-state index is 14.4. The van der Waals surface area contributed by atoms with Gasteiger partial charge in [-0.1, -0.05) is 20.8 Å². The van der Waals surface area contributed by atoms with E-state index >= 15 is 0 Å². The van der Waals surface area contributed by atoms with Crippen molar-refractivity contribution in [2.45, 2.75) is 198 Å². The molecule has 3 aliphatic heterocycles. The molecule has 0 spiro atoms. The van der Waals surface area contributed by atoms with E-state index in [-0.39, 0.29) is 43.9 Å². The third kappa shape index (κ3) is 12.6. The van der Waals surface area contributed by atoms with E-state index in [9.17, 15) is 30.3 Å². The van der Waals surface area contributed by atoms with E-state index in [2.05, 4.69) is 10.6 Å². The molecule has 3 rings (SSSR count). The number of ether oxygens (including phenoxy) is 7. The SMILES string of the molecule is CCOCCCNC[C@@]1(O)[C@H](C)O[C@@H](O[C@H]2[C@H](C)[C@@H](O[C@@H]3O[C@H](C)C[C@H](N(C)C)[C@H]3O)[C@@](C)(O)C[C@@H](C)CN[C@@H](C)[C@@H](O)[C@](C)(O)[C@H](CC)OC(=O)[C@@H]2C)C[C@@]1(C)OC. The predicted octanol–water partition coefficient (Wildman–Crippen LogP) is 1.94. The van der Waals surface area contributed by atoms with Gasteiger partial charge in [-0.25, -0.2) is 0 Å². The Labute approximate surface area is 354 Å². The first-order chi connectivity index (χ1) is 27.4. The molecule has 0 amide bonds. The molecule has 3 heterocycles. The minimum Gasteiger partial charge on any atom is -0.459 e. The first-order valence-corrected chi connectivity index (χ1v) is 22.0. The molecule has 0 unspecified atom stereocenters. The van der Waals surface area contributed by atoms with Gasteiger partial charge in [-0.2, -0.15) is 0 Å². The average molecular weight is 850 g/mol. The van der Waals surface area contributed by atoms with Crippen molar-refractivity contribution in [2.24, 2.45) is 17.8 Å². The number of esters is 1. The van der Waals surface area contributed by atoms with Gasteiger partial charge in [0, 0.05) is 51.3 Å². The van der Waals surface area contributed by atoms with Gasteiger partial charge in [0.05, 0.1) is 35.9 Å². The summed E-state index contributed by atoms with van der Waals surface area (Å²) in [5.41, 5.74) is -6.05. The second-order valence-corrected chi connectivity index (χ2v) is 18.7. The molecule has 0 aromatic heterocycles. The monoisotopic (exact) mass is 850 g/mol. The van der Waals surface area contributed by atoms with Crippen LogP contribution in [0.25, 0.3) is 0 Å². The molecule has 0 radical (unpaired) electrons. The Hall–Kier alpha value is -1.09. The molecule has 0 bridgehead atoms. The number of nitrogens with one attached hydrogen (secondary N) is 2. The number of carbonyl (C=O) groups is 1. The van der Waals surface area contributed by atoms with Crippen LogP contribution in [0, 0.1) is 17.8 Å². The van der Waals surface area contributed by atoms with Crippen LogP contribution in [0.2, 0.25) is 0 Å². The van der Waals surface area contributed by atoms with Crippen LogP contribution in [0.1, 0.15) is 108 Å². The van der Waals surface area contributed by atoms with E-state index < -0.39 is 95.5 Å². The summed E-state index contributed by atoms with van der Waals surface area (Å²) >= 11 is 0. The molecule has 0 aromatic rings. The Morgan fingerprint density at radius 3 is 2.22 bits per heavy atom. The minimum absolute atomic E-state index is 0.0728. The fourth-order valence-corrected chi connectivity index (χ4v) is 9.47. The van der Waals surface area contributed by atoms with Crippen LogP contribution < -0.4 is 10.6 Å². The zero-order chi connectivity index (χ0) is 44.7. The van der Waals surface area contributed by atoms with Gasteiger partial charge < -0.3 is 74.2 Å². The molecule has 3 saturated heterocycles. The van der Waals surface area contributed by atoms with E-state index in [1.807, 2.05) is 46.7 Å². The number of methoxy groups -OCH3 is 1. The normalized spacial score (nSPS) is 46.1. The molecule has 16 heteroatoms. The van der Waals surface area contributed by atoms with Crippen LogP contribution >= 0.6 is 0 Å². The van der Waals surface area contributed by atoms with E-state index in [4.69, 9.17) is 33.2 Å². The van der Waals surface area contributed by atoms with Crippen molar-refractivity contribution in [2.75, 3.05) is 54.1 Å². The topological polar surface area (TPSA) is 210 Å². The zero-order valence-electron chi connectivity index (χ0n) is 38.6. The Morgan fingerprint density at radius 2 is 1.63 bits per heavy atom. The molecule has 0 saturated carbocycles. The molecular weight excluding hydrogens is 766 g/mol. The molecular formula is C43H83N3O13. The number of likely N-dealkylation sites (N-methyl/N-ethyl adjacent to an activating group) is 1. The first kappa shape index (κ1) is 52.3. The summed E-state index contributed by atoms with van der Waals surface area (Å²) in [5.74, 6) is -2.71. The van der Waals surface area contributed by atoms with Gasteiger partial charge in [0.2, 0.25) is 0 Å². The van der Waals surface area contributed by atoms with Gasteiger partial charge in [0.25, 0.3) is 0 Å². The van der Waals surface area contributed by atoms with Crippen molar-refractivity contribution < 1.29 is 63.5 Å². The van der Waals surface area contributed by atoms with Gasteiger partial charge in [0.1, 0.15) is 35.1 Å². The maximum Gasteiger partial charge on any atom is 0.311 e. The summed E-state index contributed by atoms with van der Waals surface area (Å²) in [4.78, 5) is 16.3. The highest BCUT2D eigenvalue weighted by molar-refractivity contribution is 5.73. The summed E-state index contributed by atoms with van der Waals surface area (Å²) in [6.07, 6.45) is -6.98. The molecule has 7 N–H and O–H groups in total. The smallest absolute Gasteiger partial charge is 0.311 e. The van der Waals surface area contributed by atoms with Crippen molar-refractivity contribution in [3.05, 3.63) is 0 Å². The fraction of sp³-hybridized carbons (Fsp3) is 0.977. The van der Waals surface area contributed by atoms with Gasteiger partial charge in [0.15, 0.2) is 12.6 Å². The number of hydrogen-bond donors (Lipinski definition) is 7. The van der Waals surface area contributed by atoms with Gasteiger partial charge in [-0.3, -0.25) is 4.79 Å². The highest BCUT2D eigenvalue weighted by Gasteiger charge is 2.58. The van der Waals surface area contributed by atoms with Crippen LogP contribution in [-0.2, 0) is 38.0 Å². The van der Waals surface area contributed by atoms with Crippen LogP contribution in [-0.4, -0.2) is 180 Å². The Bertz CT molecular complexity index is 1280.